The predicted molar refractivity (Wildman–Crippen MR) is 81.5 cm³/mol. The van der Waals surface area contributed by atoms with E-state index in [1.165, 1.54) is 6.08 Å². The van der Waals surface area contributed by atoms with Crippen molar-refractivity contribution in [2.24, 2.45) is 0 Å². The molecular formula is C17H12O6. The van der Waals surface area contributed by atoms with Gasteiger partial charge in [-0.2, -0.15) is 0 Å². The van der Waals surface area contributed by atoms with Gasteiger partial charge in [0.1, 0.15) is 5.57 Å². The number of aliphatic hydroxyl groups is 1. The summed E-state index contributed by atoms with van der Waals surface area (Å²) in [7, 11) is 0. The van der Waals surface area contributed by atoms with E-state index in [1.54, 1.807) is 30.3 Å². The average Bonchev–Trinajstić information content (AvgIpc) is 2.80. The van der Waals surface area contributed by atoms with Crippen molar-refractivity contribution in [2.75, 3.05) is 0 Å². The minimum absolute atomic E-state index is 0.0315. The van der Waals surface area contributed by atoms with Gasteiger partial charge in [0, 0.05) is 0 Å². The maximum absolute atomic E-state index is 12.0. The molecular weight excluding hydrogens is 300 g/mol. The molecule has 0 fully saturated rings. The number of carbonyl (C=O) groups is 1. The molecule has 0 amide bonds. The van der Waals surface area contributed by atoms with Crippen molar-refractivity contribution in [3.05, 3.63) is 65.1 Å². The zero-order valence-electron chi connectivity index (χ0n) is 11.7. The molecule has 0 saturated heterocycles. The van der Waals surface area contributed by atoms with Crippen LogP contribution in [0.15, 0.2) is 54.0 Å². The van der Waals surface area contributed by atoms with Gasteiger partial charge in [-0.1, -0.05) is 30.3 Å². The number of hydrogen-bond donors (Lipinski definition) is 4. The molecule has 1 heterocycles. The second-order valence-electron chi connectivity index (χ2n) is 4.90. The molecule has 3 rings (SSSR count). The highest BCUT2D eigenvalue weighted by molar-refractivity contribution is 6.20. The molecule has 1 aliphatic rings. The van der Waals surface area contributed by atoms with Crippen molar-refractivity contribution in [2.45, 2.75) is 0 Å². The summed E-state index contributed by atoms with van der Waals surface area (Å²) < 4.78 is 5.03. The SMILES string of the molecule is O=C1O/C(=C/c2cc(O)c(O)c(O)c2)C(O)=C1c1ccccc1. The summed E-state index contributed by atoms with van der Waals surface area (Å²) in [4.78, 5) is 12.0. The number of phenols is 3. The fourth-order valence-corrected chi connectivity index (χ4v) is 2.24. The van der Waals surface area contributed by atoms with Crippen LogP contribution in [0.25, 0.3) is 11.6 Å². The molecule has 0 bridgehead atoms. The molecule has 0 saturated carbocycles. The Morgan fingerprint density at radius 3 is 2.13 bits per heavy atom. The van der Waals surface area contributed by atoms with Gasteiger partial charge in [-0.25, -0.2) is 4.79 Å². The standard InChI is InChI=1S/C17H12O6/c18-11-6-9(7-12(19)15(11)20)8-13-16(21)14(17(22)23-13)10-4-2-1-3-5-10/h1-8,18-21H/b13-8+. The number of carbonyl (C=O) groups excluding carboxylic acids is 1. The van der Waals surface area contributed by atoms with E-state index in [-0.39, 0.29) is 22.7 Å². The van der Waals surface area contributed by atoms with Crippen LogP contribution in [0.2, 0.25) is 0 Å². The largest absolute Gasteiger partial charge is 0.504 e. The predicted octanol–water partition coefficient (Wildman–Crippen LogP) is 2.67. The van der Waals surface area contributed by atoms with Crippen LogP contribution in [-0.4, -0.2) is 26.4 Å². The molecule has 0 atom stereocenters. The van der Waals surface area contributed by atoms with E-state index in [4.69, 9.17) is 4.74 Å². The molecule has 2 aromatic carbocycles. The molecule has 0 aliphatic carbocycles. The maximum atomic E-state index is 12.0. The Bertz CT molecular complexity index is 826. The van der Waals surface area contributed by atoms with Gasteiger partial charge in [0.05, 0.1) is 0 Å². The van der Waals surface area contributed by atoms with Gasteiger partial charge < -0.3 is 25.2 Å². The van der Waals surface area contributed by atoms with Crippen LogP contribution in [0, 0.1) is 0 Å². The summed E-state index contributed by atoms with van der Waals surface area (Å²) in [5.74, 6) is -2.88. The Kier molecular flexibility index (Phi) is 3.42. The minimum atomic E-state index is -0.702. The van der Waals surface area contributed by atoms with E-state index in [0.717, 1.165) is 12.1 Å². The highest BCUT2D eigenvalue weighted by Crippen LogP contribution is 2.38. The lowest BCUT2D eigenvalue weighted by molar-refractivity contribution is -0.131. The lowest BCUT2D eigenvalue weighted by Gasteiger charge is -2.03. The Morgan fingerprint density at radius 1 is 0.913 bits per heavy atom. The molecule has 0 radical (unpaired) electrons. The molecule has 4 N–H and O–H groups in total. The van der Waals surface area contributed by atoms with Gasteiger partial charge in [-0.05, 0) is 29.3 Å². The number of aromatic hydroxyl groups is 3. The van der Waals surface area contributed by atoms with Crippen LogP contribution in [0.1, 0.15) is 11.1 Å². The third kappa shape index (κ3) is 2.57. The fourth-order valence-electron chi connectivity index (χ4n) is 2.24. The van der Waals surface area contributed by atoms with Crippen LogP contribution in [-0.2, 0) is 9.53 Å². The number of aliphatic hydroxyl groups excluding tert-OH is 1. The maximum Gasteiger partial charge on any atom is 0.348 e. The third-order valence-electron chi connectivity index (χ3n) is 3.33. The normalized spacial score (nSPS) is 16.0. The summed E-state index contributed by atoms with van der Waals surface area (Å²) >= 11 is 0. The first-order valence-corrected chi connectivity index (χ1v) is 6.65. The van der Waals surface area contributed by atoms with Crippen molar-refractivity contribution < 1.29 is 30.0 Å². The number of ether oxygens (including phenoxy) is 1. The number of cyclic esters (lactones) is 1. The van der Waals surface area contributed by atoms with Gasteiger partial charge in [-0.15, -0.1) is 0 Å². The molecule has 1 aliphatic heterocycles. The zero-order chi connectivity index (χ0) is 16.6. The van der Waals surface area contributed by atoms with Crippen molar-refractivity contribution in [1.82, 2.24) is 0 Å². The van der Waals surface area contributed by atoms with Crippen LogP contribution in [0.5, 0.6) is 17.2 Å². The molecule has 0 spiro atoms. The minimum Gasteiger partial charge on any atom is -0.504 e. The van der Waals surface area contributed by atoms with E-state index >= 15 is 0 Å². The quantitative estimate of drug-likeness (QED) is 0.501. The zero-order valence-corrected chi connectivity index (χ0v) is 11.7. The van der Waals surface area contributed by atoms with Crippen molar-refractivity contribution in [1.29, 1.82) is 0 Å². The van der Waals surface area contributed by atoms with Gasteiger partial charge in [-0.3, -0.25) is 0 Å². The summed E-state index contributed by atoms with van der Waals surface area (Å²) in [5.41, 5.74) is 0.778. The first-order valence-electron chi connectivity index (χ1n) is 6.65. The molecule has 2 aromatic rings. The number of phenolic OH excluding ortho intramolecular Hbond substituents is 3. The summed E-state index contributed by atoms with van der Waals surface area (Å²) in [5, 5.41) is 38.5. The van der Waals surface area contributed by atoms with Crippen LogP contribution < -0.4 is 0 Å². The molecule has 116 valence electrons. The second kappa shape index (κ2) is 5.42. The number of esters is 1. The monoisotopic (exact) mass is 312 g/mol. The summed E-state index contributed by atoms with van der Waals surface area (Å²) in [6.45, 7) is 0. The molecule has 6 heteroatoms. The van der Waals surface area contributed by atoms with Crippen molar-refractivity contribution in [3.8, 4) is 17.2 Å². The van der Waals surface area contributed by atoms with E-state index < -0.39 is 23.2 Å². The topological polar surface area (TPSA) is 107 Å². The van der Waals surface area contributed by atoms with Gasteiger partial charge in [0.25, 0.3) is 0 Å². The van der Waals surface area contributed by atoms with Gasteiger partial charge in [0.2, 0.25) is 0 Å². The molecule has 23 heavy (non-hydrogen) atoms. The Morgan fingerprint density at radius 2 is 1.52 bits per heavy atom. The van der Waals surface area contributed by atoms with Crippen molar-refractivity contribution >= 4 is 17.6 Å². The van der Waals surface area contributed by atoms with Crippen LogP contribution in [0.3, 0.4) is 0 Å². The first-order chi connectivity index (χ1) is 11.0. The smallest absolute Gasteiger partial charge is 0.348 e. The second-order valence-corrected chi connectivity index (χ2v) is 4.90. The Labute approximate surface area is 130 Å². The first kappa shape index (κ1) is 14.5. The van der Waals surface area contributed by atoms with Crippen LogP contribution >= 0.6 is 0 Å². The number of hydrogen-bond acceptors (Lipinski definition) is 6. The Balaban J connectivity index is 2.05. The molecule has 0 unspecified atom stereocenters. The molecule has 6 nitrogen and oxygen atoms in total. The lowest BCUT2D eigenvalue weighted by Crippen LogP contribution is -1.98. The van der Waals surface area contributed by atoms with Gasteiger partial charge >= 0.3 is 5.97 Å². The van der Waals surface area contributed by atoms with E-state index in [1.807, 2.05) is 0 Å². The average molecular weight is 312 g/mol. The third-order valence-corrected chi connectivity index (χ3v) is 3.33. The highest BCUT2D eigenvalue weighted by atomic mass is 16.6. The van der Waals surface area contributed by atoms with E-state index in [9.17, 15) is 25.2 Å². The lowest BCUT2D eigenvalue weighted by atomic mass is 10.1. The van der Waals surface area contributed by atoms with E-state index in [2.05, 4.69) is 0 Å². The van der Waals surface area contributed by atoms with Crippen molar-refractivity contribution in [3.63, 3.8) is 0 Å². The summed E-state index contributed by atoms with van der Waals surface area (Å²) in [6, 6.07) is 10.9. The Hall–Kier alpha value is -3.41. The van der Waals surface area contributed by atoms with E-state index in [0.29, 0.717) is 5.56 Å². The summed E-state index contributed by atoms with van der Waals surface area (Å²) in [6.07, 6.45) is 1.27. The van der Waals surface area contributed by atoms with Crippen LogP contribution in [0.4, 0.5) is 0 Å². The highest BCUT2D eigenvalue weighted by Gasteiger charge is 2.31. The number of rotatable bonds is 2. The fraction of sp³-hybridized carbons (Fsp3) is 0. The number of benzene rings is 2. The molecule has 0 aromatic heterocycles. The van der Waals surface area contributed by atoms with Gasteiger partial charge in [0.15, 0.2) is 28.8 Å².